The van der Waals surface area contributed by atoms with Crippen LogP contribution < -0.4 is 15.4 Å². The SMILES string of the molecule is COc1ccc(C(=O)[NH2+]c2ccc(-c3nc4ccc(NC(C)=O)cc4[nH]3)cc2)cc1. The first kappa shape index (κ1) is 19.4. The number of aromatic amines is 1. The lowest BCUT2D eigenvalue weighted by Gasteiger charge is -2.02. The molecule has 0 aliphatic heterocycles. The van der Waals surface area contributed by atoms with Gasteiger partial charge in [0.05, 0.1) is 23.7 Å². The third kappa shape index (κ3) is 4.21. The monoisotopic (exact) mass is 401 g/mol. The van der Waals surface area contributed by atoms with Crippen molar-refractivity contribution in [1.29, 1.82) is 0 Å². The second kappa shape index (κ2) is 8.18. The van der Waals surface area contributed by atoms with Gasteiger partial charge in [-0.3, -0.25) is 4.79 Å². The predicted octanol–water partition coefficient (Wildman–Crippen LogP) is 3.23. The summed E-state index contributed by atoms with van der Waals surface area (Å²) in [6.45, 7) is 1.47. The zero-order chi connectivity index (χ0) is 21.1. The number of anilines is 1. The summed E-state index contributed by atoms with van der Waals surface area (Å²) in [6.07, 6.45) is 0. The van der Waals surface area contributed by atoms with Crippen LogP contribution in [0.5, 0.6) is 5.75 Å². The summed E-state index contributed by atoms with van der Waals surface area (Å²) in [5, 5.41) is 4.36. The lowest BCUT2D eigenvalue weighted by molar-refractivity contribution is -0.464. The molecule has 0 atom stereocenters. The van der Waals surface area contributed by atoms with E-state index in [4.69, 9.17) is 4.74 Å². The van der Waals surface area contributed by atoms with Gasteiger partial charge in [-0.2, -0.15) is 0 Å². The second-order valence-electron chi connectivity index (χ2n) is 6.86. The van der Waals surface area contributed by atoms with E-state index in [1.165, 1.54) is 6.92 Å². The van der Waals surface area contributed by atoms with Gasteiger partial charge in [0.25, 0.3) is 0 Å². The molecule has 2 amide bonds. The van der Waals surface area contributed by atoms with Crippen molar-refractivity contribution in [2.24, 2.45) is 0 Å². The number of hydrogen-bond acceptors (Lipinski definition) is 4. The Hall–Kier alpha value is -3.97. The quantitative estimate of drug-likeness (QED) is 0.447. The van der Waals surface area contributed by atoms with Gasteiger partial charge in [0, 0.05) is 30.3 Å². The highest BCUT2D eigenvalue weighted by molar-refractivity contribution is 5.92. The number of nitrogens with zero attached hydrogens (tertiary/aromatic N) is 1. The first-order valence-electron chi connectivity index (χ1n) is 9.43. The van der Waals surface area contributed by atoms with E-state index < -0.39 is 0 Å². The number of carbonyl (C=O) groups excluding carboxylic acids is 2. The van der Waals surface area contributed by atoms with Crippen LogP contribution in [0.3, 0.4) is 0 Å². The van der Waals surface area contributed by atoms with Crippen molar-refractivity contribution >= 4 is 34.2 Å². The third-order valence-corrected chi connectivity index (χ3v) is 4.66. The van der Waals surface area contributed by atoms with E-state index in [1.807, 2.05) is 42.5 Å². The number of imidazole rings is 1. The van der Waals surface area contributed by atoms with E-state index >= 15 is 0 Å². The number of nitrogens with two attached hydrogens (primary N) is 1. The van der Waals surface area contributed by atoms with Crippen molar-refractivity contribution in [3.05, 3.63) is 72.3 Å². The summed E-state index contributed by atoms with van der Waals surface area (Å²) in [7, 11) is 1.59. The van der Waals surface area contributed by atoms with Crippen molar-refractivity contribution in [2.45, 2.75) is 6.92 Å². The van der Waals surface area contributed by atoms with Crippen molar-refractivity contribution in [3.63, 3.8) is 0 Å². The number of carbonyl (C=O) groups is 2. The molecular weight excluding hydrogens is 380 g/mol. The maximum Gasteiger partial charge on any atom is 0.347 e. The molecule has 4 rings (SSSR count). The Balaban J connectivity index is 1.50. The minimum absolute atomic E-state index is 0.0698. The number of fused-ring (bicyclic) bond motifs is 1. The maximum atomic E-state index is 12.4. The number of nitrogens with one attached hydrogen (secondary N) is 2. The smallest absolute Gasteiger partial charge is 0.347 e. The van der Waals surface area contributed by atoms with Gasteiger partial charge >= 0.3 is 5.91 Å². The van der Waals surface area contributed by atoms with Crippen LogP contribution in [0.1, 0.15) is 17.3 Å². The normalized spacial score (nSPS) is 10.7. The fourth-order valence-electron chi connectivity index (χ4n) is 3.15. The highest BCUT2D eigenvalue weighted by Crippen LogP contribution is 2.23. The first-order chi connectivity index (χ1) is 14.5. The molecule has 0 saturated heterocycles. The molecule has 0 spiro atoms. The Kier molecular flexibility index (Phi) is 5.28. The van der Waals surface area contributed by atoms with Gasteiger partial charge in [-0.1, -0.05) is 0 Å². The summed E-state index contributed by atoms with van der Waals surface area (Å²) >= 11 is 0. The number of aromatic nitrogens is 2. The average Bonchev–Trinajstić information content (AvgIpc) is 3.17. The van der Waals surface area contributed by atoms with Gasteiger partial charge in [0.2, 0.25) is 5.91 Å². The van der Waals surface area contributed by atoms with Crippen LogP contribution >= 0.6 is 0 Å². The lowest BCUT2D eigenvalue weighted by atomic mass is 10.1. The van der Waals surface area contributed by atoms with Crippen LogP contribution in [0, 0.1) is 0 Å². The van der Waals surface area contributed by atoms with Crippen LogP contribution in [0.25, 0.3) is 22.4 Å². The summed E-state index contributed by atoms with van der Waals surface area (Å²) in [6, 6.07) is 20.1. The largest absolute Gasteiger partial charge is 0.497 e. The van der Waals surface area contributed by atoms with Crippen LogP contribution in [-0.2, 0) is 4.79 Å². The van der Waals surface area contributed by atoms with Gasteiger partial charge in [-0.05, 0) is 54.6 Å². The van der Waals surface area contributed by atoms with Crippen LogP contribution in [0.15, 0.2) is 66.7 Å². The van der Waals surface area contributed by atoms with E-state index in [9.17, 15) is 9.59 Å². The first-order valence-corrected chi connectivity index (χ1v) is 9.43. The zero-order valence-electron chi connectivity index (χ0n) is 16.6. The number of benzene rings is 3. The highest BCUT2D eigenvalue weighted by atomic mass is 16.5. The Morgan fingerprint density at radius 3 is 2.40 bits per heavy atom. The summed E-state index contributed by atoms with van der Waals surface area (Å²) in [5.41, 5.74) is 4.68. The van der Waals surface area contributed by atoms with Gasteiger partial charge in [-0.25, -0.2) is 15.1 Å². The number of methoxy groups -OCH3 is 1. The van der Waals surface area contributed by atoms with E-state index in [1.54, 1.807) is 36.7 Å². The van der Waals surface area contributed by atoms with E-state index in [2.05, 4.69) is 15.3 Å². The molecule has 0 unspecified atom stereocenters. The minimum Gasteiger partial charge on any atom is -0.497 e. The molecule has 3 aromatic carbocycles. The van der Waals surface area contributed by atoms with Gasteiger partial charge < -0.3 is 15.0 Å². The maximum absolute atomic E-state index is 12.4. The molecule has 7 heteroatoms. The Morgan fingerprint density at radius 2 is 1.73 bits per heavy atom. The van der Waals surface area contributed by atoms with Crippen molar-refractivity contribution in [2.75, 3.05) is 12.4 Å². The molecule has 0 aliphatic carbocycles. The minimum atomic E-state index is -0.120. The molecule has 30 heavy (non-hydrogen) atoms. The van der Waals surface area contributed by atoms with E-state index in [0.29, 0.717) is 17.0 Å². The molecule has 0 radical (unpaired) electrons. The fourth-order valence-corrected chi connectivity index (χ4v) is 3.15. The van der Waals surface area contributed by atoms with Crippen LogP contribution in [0.2, 0.25) is 0 Å². The Labute approximate surface area is 173 Å². The molecule has 4 N–H and O–H groups in total. The fraction of sp³-hybridized carbons (Fsp3) is 0.0870. The molecular formula is C23H21N4O3+. The average molecular weight is 401 g/mol. The van der Waals surface area contributed by atoms with Crippen LogP contribution in [0.4, 0.5) is 11.4 Å². The number of H-pyrrole nitrogens is 1. The van der Waals surface area contributed by atoms with Gasteiger partial charge in [0.1, 0.15) is 17.3 Å². The van der Waals surface area contributed by atoms with Crippen molar-refractivity contribution < 1.29 is 19.6 Å². The van der Waals surface area contributed by atoms with Crippen LogP contribution in [-0.4, -0.2) is 28.9 Å². The molecule has 1 heterocycles. The number of hydrogen-bond donors (Lipinski definition) is 3. The van der Waals surface area contributed by atoms with Gasteiger partial charge in [-0.15, -0.1) is 0 Å². The number of amides is 2. The Bertz CT molecular complexity index is 1210. The van der Waals surface area contributed by atoms with Gasteiger partial charge in [0.15, 0.2) is 0 Å². The summed E-state index contributed by atoms with van der Waals surface area (Å²) in [4.78, 5) is 31.6. The number of primary amides is 1. The molecule has 150 valence electrons. The van der Waals surface area contributed by atoms with E-state index in [-0.39, 0.29) is 11.8 Å². The molecule has 0 bridgehead atoms. The molecule has 0 saturated carbocycles. The lowest BCUT2D eigenvalue weighted by Crippen LogP contribution is -2.82. The Morgan fingerprint density at radius 1 is 1.00 bits per heavy atom. The van der Waals surface area contributed by atoms with E-state index in [0.717, 1.165) is 28.1 Å². The number of rotatable bonds is 5. The molecule has 0 fully saturated rings. The summed E-state index contributed by atoms with van der Waals surface area (Å²) < 4.78 is 5.12. The number of ether oxygens (including phenoxy) is 1. The molecule has 7 nitrogen and oxygen atoms in total. The number of quaternary nitrogens is 1. The summed E-state index contributed by atoms with van der Waals surface area (Å²) in [5.74, 6) is 1.24. The predicted molar refractivity (Wildman–Crippen MR) is 115 cm³/mol. The second-order valence-corrected chi connectivity index (χ2v) is 6.86. The van der Waals surface area contributed by atoms with Crippen molar-refractivity contribution in [3.8, 4) is 17.1 Å². The molecule has 4 aromatic rings. The zero-order valence-corrected chi connectivity index (χ0v) is 16.6. The third-order valence-electron chi connectivity index (χ3n) is 4.66. The molecule has 0 aliphatic rings. The highest BCUT2D eigenvalue weighted by Gasteiger charge is 2.13. The molecule has 1 aromatic heterocycles. The topological polar surface area (TPSA) is 101 Å². The van der Waals surface area contributed by atoms with Crippen molar-refractivity contribution in [1.82, 2.24) is 9.97 Å². The standard InChI is InChI=1S/C23H20N4O3/c1-14(28)24-18-9-12-20-21(13-18)27-22(26-20)15-3-7-17(8-4-15)25-23(29)16-5-10-19(30-2)11-6-16/h3-13H,1-2H3,(H,24,28)(H,25,29)(H,26,27)/p+1.